The Morgan fingerprint density at radius 3 is 2.05 bits per heavy atom. The predicted octanol–water partition coefficient (Wildman–Crippen LogP) is 4.25. The SMILES string of the molecule is CCCS(=O)(=O)c1c(S(=O)(=O)CCC)c2c3ccccc3ccn2c1C(=O)N/N=C/c1cc(OC)c(OC)c(OC)c1. The molecular formula is C29H33N3O8S2. The van der Waals surface area contributed by atoms with Crippen molar-refractivity contribution in [2.45, 2.75) is 36.5 Å². The van der Waals surface area contributed by atoms with Crippen LogP contribution in [0.15, 0.2) is 63.6 Å². The molecular weight excluding hydrogens is 582 g/mol. The molecule has 0 aliphatic carbocycles. The summed E-state index contributed by atoms with van der Waals surface area (Å²) in [5, 5.41) is 5.24. The zero-order valence-electron chi connectivity index (χ0n) is 24.0. The lowest BCUT2D eigenvalue weighted by Crippen LogP contribution is -2.23. The van der Waals surface area contributed by atoms with E-state index in [-0.39, 0.29) is 40.5 Å². The third kappa shape index (κ3) is 5.66. The summed E-state index contributed by atoms with van der Waals surface area (Å²) in [4.78, 5) is 12.8. The highest BCUT2D eigenvalue weighted by Crippen LogP contribution is 2.39. The summed E-state index contributed by atoms with van der Waals surface area (Å²) in [6.07, 6.45) is 3.31. The Morgan fingerprint density at radius 1 is 0.881 bits per heavy atom. The number of sulfone groups is 2. The highest BCUT2D eigenvalue weighted by Gasteiger charge is 2.37. The van der Waals surface area contributed by atoms with Crippen LogP contribution in [0.1, 0.15) is 42.7 Å². The summed E-state index contributed by atoms with van der Waals surface area (Å²) in [6.45, 7) is 3.37. The number of aromatic nitrogens is 1. The first-order valence-corrected chi connectivity index (χ1v) is 16.5. The Bertz CT molecular complexity index is 1870. The van der Waals surface area contributed by atoms with Crippen molar-refractivity contribution < 1.29 is 35.8 Å². The molecule has 2 aromatic heterocycles. The zero-order valence-corrected chi connectivity index (χ0v) is 25.6. The number of pyridine rings is 1. The summed E-state index contributed by atoms with van der Waals surface area (Å²) in [6, 6.07) is 11.9. The first-order chi connectivity index (χ1) is 20.0. The van der Waals surface area contributed by atoms with Crippen molar-refractivity contribution in [1.82, 2.24) is 9.83 Å². The average Bonchev–Trinajstić information content (AvgIpc) is 3.34. The van der Waals surface area contributed by atoms with Crippen molar-refractivity contribution in [3.05, 3.63) is 59.9 Å². The van der Waals surface area contributed by atoms with E-state index >= 15 is 0 Å². The van der Waals surface area contributed by atoms with E-state index < -0.39 is 30.5 Å². The molecule has 2 heterocycles. The van der Waals surface area contributed by atoms with Gasteiger partial charge in [0.25, 0.3) is 5.91 Å². The number of amides is 1. The summed E-state index contributed by atoms with van der Waals surface area (Å²) >= 11 is 0. The normalized spacial score (nSPS) is 12.2. The van der Waals surface area contributed by atoms with E-state index in [1.165, 1.54) is 38.1 Å². The van der Waals surface area contributed by atoms with E-state index in [0.717, 1.165) is 0 Å². The van der Waals surface area contributed by atoms with E-state index in [0.29, 0.717) is 33.6 Å². The fourth-order valence-electron chi connectivity index (χ4n) is 4.89. The van der Waals surface area contributed by atoms with Crippen molar-refractivity contribution in [3.8, 4) is 17.2 Å². The maximum absolute atomic E-state index is 13.7. The molecule has 224 valence electrons. The lowest BCUT2D eigenvalue weighted by molar-refractivity contribution is 0.0945. The molecule has 0 spiro atoms. The zero-order chi connectivity index (χ0) is 30.7. The molecule has 0 radical (unpaired) electrons. The summed E-state index contributed by atoms with van der Waals surface area (Å²) in [5.41, 5.74) is 2.67. The number of nitrogens with one attached hydrogen (secondary N) is 1. The topological polar surface area (TPSA) is 142 Å². The second-order valence-corrected chi connectivity index (χ2v) is 13.5. The molecule has 0 saturated carbocycles. The molecule has 0 saturated heterocycles. The number of carbonyl (C=O) groups is 1. The number of hydrogen-bond acceptors (Lipinski definition) is 9. The predicted molar refractivity (Wildman–Crippen MR) is 161 cm³/mol. The molecule has 2 aromatic carbocycles. The number of methoxy groups -OCH3 is 3. The summed E-state index contributed by atoms with van der Waals surface area (Å²) in [7, 11) is -3.93. The minimum Gasteiger partial charge on any atom is -0.493 e. The van der Waals surface area contributed by atoms with Crippen molar-refractivity contribution in [3.63, 3.8) is 0 Å². The van der Waals surface area contributed by atoms with Crippen LogP contribution in [0.4, 0.5) is 0 Å². The molecule has 1 N–H and O–H groups in total. The standard InChI is InChI=1S/C29H33N3O8S2/c1-6-14-41(34,35)27-24-21-11-9-8-10-20(21)12-13-32(24)25(28(27)42(36,37)15-7-2)29(33)31-30-18-19-16-22(38-3)26(40-5)23(17-19)39-4/h8-13,16-18H,6-7,14-15H2,1-5H3,(H,31,33)/b30-18+. The van der Waals surface area contributed by atoms with E-state index in [1.54, 1.807) is 56.3 Å². The van der Waals surface area contributed by atoms with Crippen LogP contribution < -0.4 is 19.6 Å². The highest BCUT2D eigenvalue weighted by atomic mass is 32.2. The molecule has 4 aromatic rings. The van der Waals surface area contributed by atoms with Gasteiger partial charge in [0.15, 0.2) is 31.2 Å². The molecule has 13 heteroatoms. The Kier molecular flexibility index (Phi) is 9.12. The van der Waals surface area contributed by atoms with Crippen molar-refractivity contribution in [2.24, 2.45) is 5.10 Å². The van der Waals surface area contributed by atoms with Crippen LogP contribution in [0.2, 0.25) is 0 Å². The molecule has 0 unspecified atom stereocenters. The van der Waals surface area contributed by atoms with Crippen LogP contribution in [0.5, 0.6) is 17.2 Å². The third-order valence-electron chi connectivity index (χ3n) is 6.59. The minimum absolute atomic E-state index is 0.134. The van der Waals surface area contributed by atoms with Gasteiger partial charge in [0, 0.05) is 17.1 Å². The van der Waals surface area contributed by atoms with Crippen LogP contribution in [0.25, 0.3) is 16.3 Å². The molecule has 0 fully saturated rings. The highest BCUT2D eigenvalue weighted by molar-refractivity contribution is 7.94. The van der Waals surface area contributed by atoms with Gasteiger partial charge >= 0.3 is 0 Å². The molecule has 4 rings (SSSR count). The quantitative estimate of drug-likeness (QED) is 0.184. The van der Waals surface area contributed by atoms with Gasteiger partial charge in [-0.2, -0.15) is 5.10 Å². The molecule has 11 nitrogen and oxygen atoms in total. The smallest absolute Gasteiger partial charge is 0.289 e. The lowest BCUT2D eigenvalue weighted by Gasteiger charge is -2.12. The third-order valence-corrected chi connectivity index (χ3v) is 10.6. The van der Waals surface area contributed by atoms with Gasteiger partial charge in [-0.25, -0.2) is 22.3 Å². The summed E-state index contributed by atoms with van der Waals surface area (Å²) in [5.74, 6) is -0.409. The van der Waals surface area contributed by atoms with E-state index in [4.69, 9.17) is 14.2 Å². The van der Waals surface area contributed by atoms with Gasteiger partial charge in [-0.15, -0.1) is 0 Å². The van der Waals surface area contributed by atoms with Crippen LogP contribution in [-0.4, -0.2) is 66.2 Å². The Balaban J connectivity index is 1.94. The fourth-order valence-corrected chi connectivity index (χ4v) is 8.88. The number of hydrazone groups is 1. The molecule has 0 bridgehead atoms. The number of fused-ring (bicyclic) bond motifs is 3. The van der Waals surface area contributed by atoms with Crippen molar-refractivity contribution >= 4 is 48.1 Å². The molecule has 0 atom stereocenters. The van der Waals surface area contributed by atoms with Crippen molar-refractivity contribution in [2.75, 3.05) is 32.8 Å². The van der Waals surface area contributed by atoms with Crippen LogP contribution in [0.3, 0.4) is 0 Å². The van der Waals surface area contributed by atoms with Gasteiger partial charge < -0.3 is 18.6 Å². The Morgan fingerprint density at radius 2 is 1.48 bits per heavy atom. The second kappa shape index (κ2) is 12.4. The number of rotatable bonds is 12. The van der Waals surface area contributed by atoms with Gasteiger partial charge in [-0.05, 0) is 36.4 Å². The van der Waals surface area contributed by atoms with E-state index in [2.05, 4.69) is 10.5 Å². The molecule has 42 heavy (non-hydrogen) atoms. The van der Waals surface area contributed by atoms with Gasteiger partial charge in [0.1, 0.15) is 15.5 Å². The van der Waals surface area contributed by atoms with E-state index in [9.17, 15) is 21.6 Å². The molecule has 0 aliphatic heterocycles. The molecule has 1 amide bonds. The Labute approximate surface area is 244 Å². The van der Waals surface area contributed by atoms with Crippen LogP contribution >= 0.6 is 0 Å². The van der Waals surface area contributed by atoms with Gasteiger partial charge in [-0.1, -0.05) is 38.1 Å². The fraction of sp³-hybridized carbons (Fsp3) is 0.310. The van der Waals surface area contributed by atoms with Crippen molar-refractivity contribution in [1.29, 1.82) is 0 Å². The maximum Gasteiger partial charge on any atom is 0.289 e. The van der Waals surface area contributed by atoms with Crippen LogP contribution in [-0.2, 0) is 19.7 Å². The number of hydrogen-bond donors (Lipinski definition) is 1. The second-order valence-electron chi connectivity index (χ2n) is 9.42. The van der Waals surface area contributed by atoms with Crippen LogP contribution in [0, 0.1) is 0 Å². The van der Waals surface area contributed by atoms with Gasteiger partial charge in [-0.3, -0.25) is 4.79 Å². The number of ether oxygens (including phenoxy) is 3. The van der Waals surface area contributed by atoms with E-state index in [1.807, 2.05) is 0 Å². The lowest BCUT2D eigenvalue weighted by atomic mass is 10.1. The first-order valence-electron chi connectivity index (χ1n) is 13.2. The molecule has 0 aliphatic rings. The summed E-state index contributed by atoms with van der Waals surface area (Å²) < 4.78 is 72.1. The largest absolute Gasteiger partial charge is 0.493 e. The number of carbonyl (C=O) groups excluding carboxylic acids is 1. The minimum atomic E-state index is -4.21. The number of nitrogens with zero attached hydrogens (tertiary/aromatic N) is 2. The maximum atomic E-state index is 13.7. The van der Waals surface area contributed by atoms with Gasteiger partial charge in [0.2, 0.25) is 5.75 Å². The monoisotopic (exact) mass is 615 g/mol. The van der Waals surface area contributed by atoms with Gasteiger partial charge in [0.05, 0.1) is 44.6 Å². The Hall–Kier alpha value is -4.10. The first kappa shape index (κ1) is 30.8. The number of benzene rings is 2. The average molecular weight is 616 g/mol.